The third kappa shape index (κ3) is 3.44. The Balaban J connectivity index is 1.43. The van der Waals surface area contributed by atoms with E-state index in [0.29, 0.717) is 19.4 Å². The molecule has 0 N–H and O–H groups in total. The maximum absolute atomic E-state index is 13.4. The number of carbonyl (C=O) groups is 1. The first-order valence-electron chi connectivity index (χ1n) is 11.2. The van der Waals surface area contributed by atoms with E-state index in [1.54, 1.807) is 0 Å². The predicted octanol–water partition coefficient (Wildman–Crippen LogP) is 5.42. The molecule has 5 nitrogen and oxygen atoms in total. The molecule has 0 saturated heterocycles. The Bertz CT molecular complexity index is 1250. The standard InChI is InChI=1S/C27H28N2O3/c1-26(2,3)24-15-19-13-18(5-7-21(19)29(24)12-4-11-28)14-25(30)27(9-10-27)20-6-8-22-23(16-20)32-17-31-22/h5-8,13,15-16H,4,9-10,12,14,17H2,1-3H3. The molecule has 2 aliphatic rings. The van der Waals surface area contributed by atoms with Crippen molar-refractivity contribution in [2.24, 2.45) is 0 Å². The summed E-state index contributed by atoms with van der Waals surface area (Å²) in [5.74, 6) is 1.74. The smallest absolute Gasteiger partial charge is 0.231 e. The first-order chi connectivity index (χ1) is 15.3. The highest BCUT2D eigenvalue weighted by Gasteiger charge is 2.50. The van der Waals surface area contributed by atoms with Gasteiger partial charge in [0.1, 0.15) is 5.78 Å². The van der Waals surface area contributed by atoms with Crippen molar-refractivity contribution >= 4 is 16.7 Å². The molecule has 1 aromatic heterocycles. The third-order valence-electron chi connectivity index (χ3n) is 6.75. The van der Waals surface area contributed by atoms with Gasteiger partial charge >= 0.3 is 0 Å². The molecule has 1 aliphatic heterocycles. The topological polar surface area (TPSA) is 64.2 Å². The summed E-state index contributed by atoms with van der Waals surface area (Å²) in [6, 6.07) is 16.7. The lowest BCUT2D eigenvalue weighted by atomic mass is 9.87. The highest BCUT2D eigenvalue weighted by molar-refractivity contribution is 5.95. The van der Waals surface area contributed by atoms with Gasteiger partial charge in [0.25, 0.3) is 0 Å². The van der Waals surface area contributed by atoms with Gasteiger partial charge in [-0.2, -0.15) is 5.26 Å². The number of hydrogen-bond donors (Lipinski definition) is 0. The molecule has 0 amide bonds. The van der Waals surface area contributed by atoms with Gasteiger partial charge in [-0.15, -0.1) is 0 Å². The fraction of sp³-hybridized carbons (Fsp3) is 0.407. The highest BCUT2D eigenvalue weighted by Crippen LogP contribution is 2.51. The molecule has 0 bridgehead atoms. The second-order valence-electron chi connectivity index (χ2n) is 9.98. The van der Waals surface area contributed by atoms with E-state index in [-0.39, 0.29) is 18.0 Å². The van der Waals surface area contributed by atoms with Crippen LogP contribution in [0.1, 0.15) is 56.9 Å². The monoisotopic (exact) mass is 428 g/mol. The predicted molar refractivity (Wildman–Crippen MR) is 123 cm³/mol. The van der Waals surface area contributed by atoms with Crippen molar-refractivity contribution in [3.05, 3.63) is 59.3 Å². The van der Waals surface area contributed by atoms with Gasteiger partial charge in [-0.25, -0.2) is 0 Å². The van der Waals surface area contributed by atoms with Crippen LogP contribution in [0.5, 0.6) is 11.5 Å². The van der Waals surface area contributed by atoms with Gasteiger partial charge < -0.3 is 14.0 Å². The number of carbonyl (C=O) groups excluding carboxylic acids is 1. The molecule has 2 heterocycles. The first-order valence-corrected chi connectivity index (χ1v) is 11.2. The van der Waals surface area contributed by atoms with E-state index in [1.807, 2.05) is 18.2 Å². The van der Waals surface area contributed by atoms with Crippen LogP contribution in [0.15, 0.2) is 42.5 Å². The zero-order chi connectivity index (χ0) is 22.5. The minimum absolute atomic E-state index is 0.0259. The van der Waals surface area contributed by atoms with Gasteiger partial charge in [-0.3, -0.25) is 4.79 Å². The van der Waals surface area contributed by atoms with E-state index in [2.05, 4.69) is 55.7 Å². The molecule has 32 heavy (non-hydrogen) atoms. The summed E-state index contributed by atoms with van der Waals surface area (Å²) in [6.07, 6.45) is 2.66. The second-order valence-corrected chi connectivity index (χ2v) is 9.98. The molecule has 2 aromatic carbocycles. The molecule has 1 aliphatic carbocycles. The molecular formula is C27H28N2O3. The van der Waals surface area contributed by atoms with Crippen LogP contribution in [0.4, 0.5) is 0 Å². The summed E-state index contributed by atoms with van der Waals surface area (Å²) in [7, 11) is 0. The Labute approximate surface area is 188 Å². The fourth-order valence-corrected chi connectivity index (χ4v) is 4.86. The summed E-state index contributed by atoms with van der Waals surface area (Å²) in [4.78, 5) is 13.4. The number of rotatable bonds is 6. The molecule has 5 rings (SSSR count). The highest BCUT2D eigenvalue weighted by atomic mass is 16.7. The van der Waals surface area contributed by atoms with Crippen LogP contribution in [0.3, 0.4) is 0 Å². The van der Waals surface area contributed by atoms with Crippen molar-refractivity contribution in [1.82, 2.24) is 4.57 Å². The Morgan fingerprint density at radius 3 is 2.59 bits per heavy atom. The lowest BCUT2D eigenvalue weighted by Gasteiger charge is -2.21. The number of aryl methyl sites for hydroxylation is 1. The van der Waals surface area contributed by atoms with Crippen LogP contribution < -0.4 is 9.47 Å². The van der Waals surface area contributed by atoms with Gasteiger partial charge in [0.05, 0.1) is 17.9 Å². The van der Waals surface area contributed by atoms with Crippen LogP contribution >= 0.6 is 0 Å². The number of benzene rings is 2. The Morgan fingerprint density at radius 2 is 1.88 bits per heavy atom. The van der Waals surface area contributed by atoms with E-state index in [0.717, 1.165) is 46.4 Å². The number of hydrogen-bond acceptors (Lipinski definition) is 4. The van der Waals surface area contributed by atoms with Gasteiger partial charge in [-0.1, -0.05) is 32.9 Å². The average Bonchev–Trinajstić information content (AvgIpc) is 3.29. The molecule has 1 saturated carbocycles. The lowest BCUT2D eigenvalue weighted by Crippen LogP contribution is -2.22. The van der Waals surface area contributed by atoms with Gasteiger partial charge in [-0.05, 0) is 54.3 Å². The minimum Gasteiger partial charge on any atom is -0.454 e. The number of nitrogens with zero attached hydrogens (tertiary/aromatic N) is 2. The Hall–Kier alpha value is -3.26. The molecule has 0 spiro atoms. The van der Waals surface area contributed by atoms with Crippen molar-refractivity contribution in [2.75, 3.05) is 6.79 Å². The molecule has 1 fully saturated rings. The van der Waals surface area contributed by atoms with Crippen LogP contribution in [-0.2, 0) is 28.6 Å². The summed E-state index contributed by atoms with van der Waals surface area (Å²) in [5.41, 5.74) is 3.98. The van der Waals surface area contributed by atoms with E-state index < -0.39 is 5.41 Å². The van der Waals surface area contributed by atoms with E-state index in [4.69, 9.17) is 14.7 Å². The number of ether oxygens (including phenoxy) is 2. The fourth-order valence-electron chi connectivity index (χ4n) is 4.86. The number of nitriles is 1. The Kier molecular flexibility index (Phi) is 4.78. The summed E-state index contributed by atoms with van der Waals surface area (Å²) in [6.45, 7) is 7.49. The Morgan fingerprint density at radius 1 is 1.09 bits per heavy atom. The SMILES string of the molecule is CC(C)(C)c1cc2cc(CC(=O)C3(c4ccc5c(c4)OCO5)CC3)ccc2n1CCC#N. The maximum Gasteiger partial charge on any atom is 0.231 e. The molecule has 164 valence electrons. The largest absolute Gasteiger partial charge is 0.454 e. The summed E-state index contributed by atoms with van der Waals surface area (Å²) in [5, 5.41) is 10.2. The number of ketones is 1. The quantitative estimate of drug-likeness (QED) is 0.526. The van der Waals surface area contributed by atoms with Crippen LogP contribution in [-0.4, -0.2) is 17.1 Å². The minimum atomic E-state index is -0.398. The van der Waals surface area contributed by atoms with Crippen LogP contribution in [0.2, 0.25) is 0 Å². The van der Waals surface area contributed by atoms with E-state index >= 15 is 0 Å². The molecule has 0 atom stereocenters. The summed E-state index contributed by atoms with van der Waals surface area (Å²) < 4.78 is 13.2. The van der Waals surface area contributed by atoms with Crippen molar-refractivity contribution in [3.8, 4) is 17.6 Å². The van der Waals surface area contributed by atoms with E-state index in [9.17, 15) is 4.79 Å². The molecular weight excluding hydrogens is 400 g/mol. The van der Waals surface area contributed by atoms with Crippen molar-refractivity contribution < 1.29 is 14.3 Å². The number of aromatic nitrogens is 1. The number of Topliss-reactive ketones (excluding diaryl/α,β-unsaturated/α-hetero) is 1. The van der Waals surface area contributed by atoms with Gasteiger partial charge in [0.15, 0.2) is 11.5 Å². The van der Waals surface area contributed by atoms with E-state index in [1.165, 1.54) is 5.69 Å². The molecule has 3 aromatic rings. The van der Waals surface area contributed by atoms with Gasteiger partial charge in [0.2, 0.25) is 6.79 Å². The molecule has 0 unspecified atom stereocenters. The van der Waals surface area contributed by atoms with Crippen LogP contribution in [0.25, 0.3) is 10.9 Å². The second kappa shape index (κ2) is 7.41. The van der Waals surface area contributed by atoms with Crippen molar-refractivity contribution in [2.45, 2.75) is 63.8 Å². The van der Waals surface area contributed by atoms with Crippen molar-refractivity contribution in [1.29, 1.82) is 5.26 Å². The maximum atomic E-state index is 13.4. The lowest BCUT2D eigenvalue weighted by molar-refractivity contribution is -0.120. The van der Waals surface area contributed by atoms with Crippen molar-refractivity contribution in [3.63, 3.8) is 0 Å². The molecule has 5 heteroatoms. The normalized spacial score (nSPS) is 16.2. The number of fused-ring (bicyclic) bond motifs is 2. The summed E-state index contributed by atoms with van der Waals surface area (Å²) >= 11 is 0. The zero-order valence-electron chi connectivity index (χ0n) is 18.9. The molecule has 0 radical (unpaired) electrons. The first kappa shape index (κ1) is 20.6. The van der Waals surface area contributed by atoms with Crippen LogP contribution in [0, 0.1) is 11.3 Å². The zero-order valence-corrected chi connectivity index (χ0v) is 18.9. The third-order valence-corrected chi connectivity index (χ3v) is 6.75. The average molecular weight is 429 g/mol. The van der Waals surface area contributed by atoms with Gasteiger partial charge in [0, 0.05) is 35.0 Å².